The number of fused-ring (bicyclic) bond motifs is 1. The first-order chi connectivity index (χ1) is 5.42. The van der Waals surface area contributed by atoms with Crippen LogP contribution in [-0.2, 0) is 6.44 Å². The van der Waals surface area contributed by atoms with Crippen LogP contribution in [0, 0.1) is 0 Å². The van der Waals surface area contributed by atoms with Crippen molar-refractivity contribution in [2.24, 2.45) is 0 Å². The topological polar surface area (TPSA) is 17.8 Å². The Hall–Kier alpha value is -1.25. The lowest BCUT2D eigenvalue weighted by molar-refractivity contribution is 0.912. The van der Waals surface area contributed by atoms with Crippen LogP contribution in [0.3, 0.4) is 0 Å². The van der Waals surface area contributed by atoms with Gasteiger partial charge in [-0.3, -0.25) is 0 Å². The fourth-order valence-electron chi connectivity index (χ4n) is 1.26. The molecule has 1 heterocycles. The maximum atomic E-state index is 4.25. The monoisotopic (exact) mass is 144 g/mol. The van der Waals surface area contributed by atoms with Gasteiger partial charge in [0.05, 0.1) is 17.4 Å². The molecule has 0 saturated carbocycles. The second-order valence-electron chi connectivity index (χ2n) is 2.52. The van der Waals surface area contributed by atoms with Crippen LogP contribution in [0.15, 0.2) is 30.6 Å². The van der Waals surface area contributed by atoms with Gasteiger partial charge in [0, 0.05) is 0 Å². The van der Waals surface area contributed by atoms with Gasteiger partial charge in [-0.1, -0.05) is 12.1 Å². The van der Waals surface area contributed by atoms with Gasteiger partial charge in [0.1, 0.15) is 7.85 Å². The van der Waals surface area contributed by atoms with Crippen LogP contribution in [0.25, 0.3) is 11.0 Å². The van der Waals surface area contributed by atoms with E-state index < -0.39 is 0 Å². The number of rotatable bonds is 1. The Balaban J connectivity index is 2.76. The minimum atomic E-state index is 0.987. The molecule has 54 valence electrons. The van der Waals surface area contributed by atoms with Crippen LogP contribution >= 0.6 is 0 Å². The average Bonchev–Trinajstić information content (AvgIpc) is 2.47. The van der Waals surface area contributed by atoms with Gasteiger partial charge in [-0.25, -0.2) is 4.98 Å². The molecule has 0 atom stereocenters. The van der Waals surface area contributed by atoms with Crippen LogP contribution < -0.4 is 0 Å². The van der Waals surface area contributed by atoms with Crippen LogP contribution in [0.5, 0.6) is 0 Å². The molecule has 0 spiro atoms. The Kier molecular flexibility index (Phi) is 1.42. The second-order valence-corrected chi connectivity index (χ2v) is 2.52. The summed E-state index contributed by atoms with van der Waals surface area (Å²) in [6.07, 6.45) is 2.87. The molecule has 0 amide bonds. The SMILES string of the molecule is BCn1cnc2ccccc21. The molecule has 2 nitrogen and oxygen atoms in total. The highest BCUT2D eigenvalue weighted by molar-refractivity contribution is 6.07. The Morgan fingerprint density at radius 2 is 2.18 bits per heavy atom. The molecule has 0 aliphatic carbocycles. The summed E-state index contributed by atoms with van der Waals surface area (Å²) >= 11 is 0. The third kappa shape index (κ3) is 0.927. The number of para-hydroxylation sites is 2. The maximum Gasteiger partial charge on any atom is 0.127 e. The molecule has 0 fully saturated rings. The molecular weight excluding hydrogens is 135 g/mol. The number of benzene rings is 1. The molecule has 1 aromatic carbocycles. The molecule has 2 aromatic rings. The number of nitrogens with zero attached hydrogens (tertiary/aromatic N) is 2. The zero-order valence-electron chi connectivity index (χ0n) is 6.49. The van der Waals surface area contributed by atoms with Gasteiger partial charge in [-0.05, 0) is 18.6 Å². The van der Waals surface area contributed by atoms with Crippen molar-refractivity contribution in [1.29, 1.82) is 0 Å². The van der Waals surface area contributed by atoms with Gasteiger partial charge >= 0.3 is 0 Å². The predicted octanol–water partition coefficient (Wildman–Crippen LogP) is 0.627. The number of hydrogen-bond donors (Lipinski definition) is 0. The van der Waals surface area contributed by atoms with Crippen LogP contribution in [0.4, 0.5) is 0 Å². The van der Waals surface area contributed by atoms with Crippen LogP contribution in [0.1, 0.15) is 0 Å². The first-order valence-electron chi connectivity index (χ1n) is 3.81. The third-order valence-corrected chi connectivity index (χ3v) is 1.87. The molecule has 0 radical (unpaired) electrons. The summed E-state index contributed by atoms with van der Waals surface area (Å²) in [5, 5.41) is 0. The van der Waals surface area contributed by atoms with E-state index >= 15 is 0 Å². The molecule has 0 aliphatic heterocycles. The minimum absolute atomic E-state index is 0.987. The number of hydrogen-bond acceptors (Lipinski definition) is 1. The molecule has 0 aliphatic rings. The van der Waals surface area contributed by atoms with Crippen molar-refractivity contribution in [1.82, 2.24) is 9.55 Å². The minimum Gasteiger partial charge on any atom is -0.339 e. The zero-order chi connectivity index (χ0) is 7.68. The first kappa shape index (κ1) is 6.46. The largest absolute Gasteiger partial charge is 0.339 e. The molecule has 0 unspecified atom stereocenters. The van der Waals surface area contributed by atoms with E-state index in [1.54, 1.807) is 0 Å². The van der Waals surface area contributed by atoms with Gasteiger partial charge in [0.25, 0.3) is 0 Å². The Morgan fingerprint density at radius 1 is 1.36 bits per heavy atom. The van der Waals surface area contributed by atoms with Gasteiger partial charge in [-0.15, -0.1) is 0 Å². The normalized spacial score (nSPS) is 10.5. The summed E-state index contributed by atoms with van der Waals surface area (Å²) in [6.45, 7) is 0. The highest BCUT2D eigenvalue weighted by Gasteiger charge is 1.96. The van der Waals surface area contributed by atoms with Crippen molar-refractivity contribution in [3.63, 3.8) is 0 Å². The number of imidazole rings is 1. The maximum absolute atomic E-state index is 4.25. The fraction of sp³-hybridized carbons (Fsp3) is 0.125. The van der Waals surface area contributed by atoms with Crippen LogP contribution in [0.2, 0.25) is 0 Å². The molecule has 0 bridgehead atoms. The van der Waals surface area contributed by atoms with Gasteiger partial charge in [0.2, 0.25) is 0 Å². The lowest BCUT2D eigenvalue weighted by Crippen LogP contribution is -1.93. The lowest BCUT2D eigenvalue weighted by atomic mass is 10.1. The van der Waals surface area contributed by atoms with E-state index in [0.29, 0.717) is 0 Å². The Bertz CT molecular complexity index is 367. The molecule has 11 heavy (non-hydrogen) atoms. The quantitative estimate of drug-likeness (QED) is 0.536. The second kappa shape index (κ2) is 2.42. The summed E-state index contributed by atoms with van der Waals surface area (Å²) in [5.74, 6) is 0. The van der Waals surface area contributed by atoms with E-state index in [4.69, 9.17) is 0 Å². The summed E-state index contributed by atoms with van der Waals surface area (Å²) in [7, 11) is 2.12. The van der Waals surface area contributed by atoms with E-state index in [9.17, 15) is 0 Å². The molecule has 0 saturated heterocycles. The third-order valence-electron chi connectivity index (χ3n) is 1.87. The Labute approximate surface area is 66.3 Å². The van der Waals surface area contributed by atoms with E-state index in [1.165, 1.54) is 5.52 Å². The predicted molar refractivity (Wildman–Crippen MR) is 48.3 cm³/mol. The highest BCUT2D eigenvalue weighted by Crippen LogP contribution is 2.10. The molecule has 2 rings (SSSR count). The average molecular weight is 144 g/mol. The molecule has 1 aromatic heterocycles. The van der Waals surface area contributed by atoms with Crippen molar-refractivity contribution in [2.45, 2.75) is 6.44 Å². The van der Waals surface area contributed by atoms with Gasteiger partial charge in [0.15, 0.2) is 0 Å². The summed E-state index contributed by atoms with van der Waals surface area (Å²) in [5.41, 5.74) is 2.30. The van der Waals surface area contributed by atoms with Crippen molar-refractivity contribution in [3.05, 3.63) is 30.6 Å². The van der Waals surface area contributed by atoms with E-state index in [0.717, 1.165) is 12.0 Å². The van der Waals surface area contributed by atoms with Crippen molar-refractivity contribution in [3.8, 4) is 0 Å². The number of aromatic nitrogens is 2. The van der Waals surface area contributed by atoms with Gasteiger partial charge in [-0.2, -0.15) is 0 Å². The fourth-order valence-corrected chi connectivity index (χ4v) is 1.26. The van der Waals surface area contributed by atoms with Crippen molar-refractivity contribution < 1.29 is 0 Å². The lowest BCUT2D eigenvalue weighted by Gasteiger charge is -1.96. The zero-order valence-corrected chi connectivity index (χ0v) is 6.49. The van der Waals surface area contributed by atoms with E-state index in [-0.39, 0.29) is 0 Å². The molecule has 0 N–H and O–H groups in total. The summed E-state index contributed by atoms with van der Waals surface area (Å²) < 4.78 is 2.13. The first-order valence-corrected chi connectivity index (χ1v) is 3.81. The molecule has 3 heteroatoms. The van der Waals surface area contributed by atoms with E-state index in [1.807, 2.05) is 24.5 Å². The summed E-state index contributed by atoms with van der Waals surface area (Å²) in [4.78, 5) is 4.25. The standard InChI is InChI=1S/C8H9BN2/c9-5-11-6-10-7-3-1-2-4-8(7)11/h1-4,6H,5,9H2. The van der Waals surface area contributed by atoms with E-state index in [2.05, 4.69) is 23.5 Å². The van der Waals surface area contributed by atoms with Crippen LogP contribution in [-0.4, -0.2) is 17.4 Å². The smallest absolute Gasteiger partial charge is 0.127 e. The highest BCUT2D eigenvalue weighted by atomic mass is 15.0. The van der Waals surface area contributed by atoms with Crippen molar-refractivity contribution >= 4 is 18.9 Å². The van der Waals surface area contributed by atoms with Crippen molar-refractivity contribution in [2.75, 3.05) is 0 Å². The summed E-state index contributed by atoms with van der Waals surface area (Å²) in [6, 6.07) is 8.17. The van der Waals surface area contributed by atoms with Gasteiger partial charge < -0.3 is 4.57 Å². The Morgan fingerprint density at radius 3 is 3.00 bits per heavy atom. The molecular formula is C8H9BN2.